The number of ether oxygens (including phenoxy) is 1. The fourth-order valence-electron chi connectivity index (χ4n) is 5.74. The Kier molecular flexibility index (Phi) is 7.54. The third-order valence-electron chi connectivity index (χ3n) is 7.96. The number of carbonyl (C=O) groups is 4. The van der Waals surface area contributed by atoms with Crippen LogP contribution in [-0.2, 0) is 23.9 Å². The highest BCUT2D eigenvalue weighted by molar-refractivity contribution is 5.95. The molecular formula is C25H29F4N3O6. The normalized spacial score (nSPS) is 27.3. The van der Waals surface area contributed by atoms with Gasteiger partial charge in [-0.2, -0.15) is 0 Å². The second kappa shape index (κ2) is 10.3. The summed E-state index contributed by atoms with van der Waals surface area (Å²) in [5.41, 5.74) is -0.618. The molecule has 1 aliphatic carbocycles. The minimum absolute atomic E-state index is 0.0981. The number of benzene rings is 1. The number of piperidine rings is 1. The lowest BCUT2D eigenvalue weighted by Crippen LogP contribution is -2.55. The molecule has 9 nitrogen and oxygen atoms in total. The number of rotatable bonds is 9. The number of amides is 3. The summed E-state index contributed by atoms with van der Waals surface area (Å²) in [4.78, 5) is 52.6. The van der Waals surface area contributed by atoms with Gasteiger partial charge in [-0.15, -0.1) is 13.2 Å². The van der Waals surface area contributed by atoms with Crippen LogP contribution in [0.25, 0.3) is 0 Å². The Morgan fingerprint density at radius 2 is 1.95 bits per heavy atom. The lowest BCUT2D eigenvalue weighted by Gasteiger charge is -2.33. The number of hydrogen-bond donors (Lipinski definition) is 3. The van der Waals surface area contributed by atoms with Gasteiger partial charge in [0.2, 0.25) is 11.8 Å². The number of alkyl halides is 3. The Morgan fingerprint density at radius 1 is 1.26 bits per heavy atom. The molecule has 3 amide bonds. The molecule has 3 fully saturated rings. The van der Waals surface area contributed by atoms with Crippen molar-refractivity contribution in [2.75, 3.05) is 19.7 Å². The Hall–Kier alpha value is -3.06. The van der Waals surface area contributed by atoms with Crippen molar-refractivity contribution in [3.8, 4) is 0 Å². The van der Waals surface area contributed by atoms with Crippen LogP contribution in [0.2, 0.25) is 0 Å². The Morgan fingerprint density at radius 3 is 2.55 bits per heavy atom. The predicted molar refractivity (Wildman–Crippen MR) is 122 cm³/mol. The monoisotopic (exact) mass is 543 g/mol. The van der Waals surface area contributed by atoms with Gasteiger partial charge in [0.25, 0.3) is 5.91 Å². The molecule has 3 N–H and O–H groups in total. The summed E-state index contributed by atoms with van der Waals surface area (Å²) < 4.78 is 55.6. The van der Waals surface area contributed by atoms with Crippen LogP contribution in [0.3, 0.4) is 0 Å². The maximum Gasteiger partial charge on any atom is 0.522 e. The highest BCUT2D eigenvalue weighted by atomic mass is 19.4. The number of likely N-dealkylation sites (tertiary alicyclic amines) is 1. The van der Waals surface area contributed by atoms with Crippen molar-refractivity contribution in [1.82, 2.24) is 15.5 Å². The van der Waals surface area contributed by atoms with E-state index in [4.69, 9.17) is 0 Å². The Bertz CT molecular complexity index is 1130. The number of aliphatic hydroxyl groups is 1. The van der Waals surface area contributed by atoms with Gasteiger partial charge in [-0.25, -0.2) is 4.39 Å². The van der Waals surface area contributed by atoms with E-state index in [1.54, 1.807) is 0 Å². The van der Waals surface area contributed by atoms with Gasteiger partial charge in [0.05, 0.1) is 6.04 Å². The third-order valence-corrected chi connectivity index (χ3v) is 7.96. The molecule has 2 aliphatic heterocycles. The molecule has 0 radical (unpaired) electrons. The number of nitrogens with one attached hydrogen (secondary N) is 2. The number of hydrogen-bond acceptors (Lipinski definition) is 6. The first-order chi connectivity index (χ1) is 17.7. The maximum absolute atomic E-state index is 14.2. The number of halogens is 4. The van der Waals surface area contributed by atoms with E-state index in [0.717, 1.165) is 11.0 Å². The van der Waals surface area contributed by atoms with E-state index < -0.39 is 60.5 Å². The second-order valence-corrected chi connectivity index (χ2v) is 10.6. The summed E-state index contributed by atoms with van der Waals surface area (Å²) in [5, 5.41) is 15.6. The number of aliphatic hydroxyl groups excluding tert-OH is 1. The number of Topliss-reactive ketones (excluding diaryl/α,β-unsaturated/α-hetero) is 1. The van der Waals surface area contributed by atoms with Gasteiger partial charge in [0.15, 0.2) is 11.9 Å². The Balaban J connectivity index is 1.54. The summed E-state index contributed by atoms with van der Waals surface area (Å²) in [6.07, 6.45) is -6.86. The molecule has 13 heteroatoms. The van der Waals surface area contributed by atoms with Crippen LogP contribution in [0.5, 0.6) is 0 Å². The first kappa shape index (κ1) is 28.0. The standard InChI is InChI=1S/C25H29F4N3O6/c1-24(2)14-10-32(23(37)20(34)13-5-3-4-6-15(13)26)19(18(14)24)22(36)31-16(9-12-7-8-30-21(12)35)17(33)11-38-25(27,28)29/h3-6,12,14,16,18-20,34H,7-11H2,1-2H3,(H,30,35)(H,31,36)/t12-,14-,16?,18-,19-,20?/m0/s1. The molecule has 6 atom stereocenters. The van der Waals surface area contributed by atoms with Crippen LogP contribution in [0.1, 0.15) is 38.4 Å². The minimum Gasteiger partial charge on any atom is -0.378 e. The summed E-state index contributed by atoms with van der Waals surface area (Å²) in [5.74, 6) is -5.15. The smallest absolute Gasteiger partial charge is 0.378 e. The van der Waals surface area contributed by atoms with Crippen molar-refractivity contribution in [3.63, 3.8) is 0 Å². The maximum atomic E-state index is 14.2. The van der Waals surface area contributed by atoms with Crippen molar-refractivity contribution < 1.29 is 46.6 Å². The third kappa shape index (κ3) is 5.53. The number of fused-ring (bicyclic) bond motifs is 1. The molecule has 0 aromatic heterocycles. The lowest BCUT2D eigenvalue weighted by molar-refractivity contribution is -0.321. The molecular weight excluding hydrogens is 514 g/mol. The van der Waals surface area contributed by atoms with Crippen LogP contribution in [-0.4, -0.2) is 71.7 Å². The van der Waals surface area contributed by atoms with E-state index in [-0.39, 0.29) is 41.7 Å². The molecule has 1 aromatic carbocycles. The Labute approximate surface area is 215 Å². The van der Waals surface area contributed by atoms with Gasteiger partial charge in [-0.3, -0.25) is 23.9 Å². The van der Waals surface area contributed by atoms with E-state index in [1.807, 2.05) is 13.8 Å². The molecule has 3 aliphatic rings. The van der Waals surface area contributed by atoms with Crippen LogP contribution in [0.15, 0.2) is 24.3 Å². The molecule has 2 unspecified atom stereocenters. The van der Waals surface area contributed by atoms with E-state index in [1.165, 1.54) is 18.2 Å². The number of carbonyl (C=O) groups excluding carboxylic acids is 4. The van der Waals surface area contributed by atoms with E-state index in [0.29, 0.717) is 13.0 Å². The molecule has 1 saturated carbocycles. The van der Waals surface area contributed by atoms with E-state index in [2.05, 4.69) is 15.4 Å². The van der Waals surface area contributed by atoms with Gasteiger partial charge in [0.1, 0.15) is 18.5 Å². The molecule has 4 rings (SSSR count). The quantitative estimate of drug-likeness (QED) is 0.405. The lowest BCUT2D eigenvalue weighted by atomic mass is 9.94. The summed E-state index contributed by atoms with van der Waals surface area (Å²) in [6, 6.07) is 2.54. The highest BCUT2D eigenvalue weighted by Gasteiger charge is 2.69. The van der Waals surface area contributed by atoms with Gasteiger partial charge in [-0.05, 0) is 36.2 Å². The fourth-order valence-corrected chi connectivity index (χ4v) is 5.74. The van der Waals surface area contributed by atoms with Gasteiger partial charge < -0.3 is 20.6 Å². The van der Waals surface area contributed by atoms with Crippen LogP contribution < -0.4 is 10.6 Å². The molecule has 0 bridgehead atoms. The molecule has 2 saturated heterocycles. The zero-order valence-corrected chi connectivity index (χ0v) is 20.8. The SMILES string of the molecule is CC1(C)[C@@H]2[C@@H](C(=O)NC(C[C@@H]3CCNC3=O)C(=O)COC(F)(F)F)N(C(=O)C(O)c3ccccc3F)C[C@@H]21. The van der Waals surface area contributed by atoms with Crippen molar-refractivity contribution in [2.24, 2.45) is 23.2 Å². The largest absolute Gasteiger partial charge is 0.522 e. The highest BCUT2D eigenvalue weighted by Crippen LogP contribution is 2.65. The fraction of sp³-hybridized carbons (Fsp3) is 0.600. The van der Waals surface area contributed by atoms with Gasteiger partial charge >= 0.3 is 6.36 Å². The number of nitrogens with zero attached hydrogens (tertiary/aromatic N) is 1. The van der Waals surface area contributed by atoms with Crippen LogP contribution >= 0.6 is 0 Å². The van der Waals surface area contributed by atoms with Crippen LogP contribution in [0.4, 0.5) is 17.6 Å². The topological polar surface area (TPSA) is 125 Å². The first-order valence-corrected chi connectivity index (χ1v) is 12.3. The van der Waals surface area contributed by atoms with Crippen molar-refractivity contribution in [2.45, 2.75) is 51.2 Å². The van der Waals surface area contributed by atoms with Crippen molar-refractivity contribution in [1.29, 1.82) is 0 Å². The zero-order valence-electron chi connectivity index (χ0n) is 20.8. The molecule has 208 valence electrons. The van der Waals surface area contributed by atoms with Gasteiger partial charge in [0, 0.05) is 24.6 Å². The van der Waals surface area contributed by atoms with E-state index in [9.17, 15) is 41.8 Å². The molecule has 2 heterocycles. The summed E-state index contributed by atoms with van der Waals surface area (Å²) in [7, 11) is 0. The minimum atomic E-state index is -5.07. The molecule has 1 aromatic rings. The van der Waals surface area contributed by atoms with Crippen molar-refractivity contribution >= 4 is 23.5 Å². The molecule has 38 heavy (non-hydrogen) atoms. The van der Waals surface area contributed by atoms with Gasteiger partial charge in [-0.1, -0.05) is 32.0 Å². The van der Waals surface area contributed by atoms with Crippen LogP contribution in [0, 0.1) is 29.0 Å². The predicted octanol–water partition coefficient (Wildman–Crippen LogP) is 1.46. The first-order valence-electron chi connectivity index (χ1n) is 12.3. The summed E-state index contributed by atoms with van der Waals surface area (Å²) >= 11 is 0. The number of ketones is 1. The van der Waals surface area contributed by atoms with Crippen molar-refractivity contribution in [3.05, 3.63) is 35.6 Å². The summed E-state index contributed by atoms with van der Waals surface area (Å²) in [6.45, 7) is 2.84. The molecule has 0 spiro atoms. The zero-order chi connectivity index (χ0) is 28.0. The van der Waals surface area contributed by atoms with E-state index >= 15 is 0 Å². The average molecular weight is 544 g/mol. The second-order valence-electron chi connectivity index (χ2n) is 10.6. The average Bonchev–Trinajstić information content (AvgIpc) is 3.20.